The van der Waals surface area contributed by atoms with Gasteiger partial charge in [0, 0.05) is 18.4 Å². The fourth-order valence-electron chi connectivity index (χ4n) is 1.99. The van der Waals surface area contributed by atoms with Gasteiger partial charge in [-0.3, -0.25) is 9.59 Å². The van der Waals surface area contributed by atoms with E-state index in [-0.39, 0.29) is 18.4 Å². The molecule has 2 amide bonds. The van der Waals surface area contributed by atoms with Gasteiger partial charge in [-0.1, -0.05) is 18.2 Å². The minimum absolute atomic E-state index is 0.0315. The van der Waals surface area contributed by atoms with Gasteiger partial charge < -0.3 is 15.4 Å². The Morgan fingerprint density at radius 3 is 2.71 bits per heavy atom. The van der Waals surface area contributed by atoms with Gasteiger partial charge in [0.05, 0.1) is 18.0 Å². The first-order valence-electron chi connectivity index (χ1n) is 6.65. The smallest absolute Gasteiger partial charge is 0.262 e. The predicted octanol–water partition coefficient (Wildman–Crippen LogP) is 1.70. The van der Waals surface area contributed by atoms with Gasteiger partial charge in [-0.15, -0.1) is 11.3 Å². The fraction of sp³-hybridized carbons (Fsp3) is 0.333. The van der Waals surface area contributed by atoms with Crippen molar-refractivity contribution < 1.29 is 14.3 Å². The number of rotatable bonds is 6. The highest BCUT2D eigenvalue weighted by atomic mass is 32.1. The summed E-state index contributed by atoms with van der Waals surface area (Å²) < 4.78 is 5.91. The highest BCUT2D eigenvalue weighted by Gasteiger charge is 2.15. The summed E-state index contributed by atoms with van der Waals surface area (Å²) >= 11 is 1.44. The first kappa shape index (κ1) is 15.5. The zero-order valence-corrected chi connectivity index (χ0v) is 12.9. The molecule has 112 valence electrons. The molecule has 0 spiro atoms. The third-order valence-electron chi connectivity index (χ3n) is 3.09. The zero-order valence-electron chi connectivity index (χ0n) is 12.1. The Bertz CT molecular complexity index is 651. The Balaban J connectivity index is 1.96. The molecule has 6 heteroatoms. The molecule has 0 radical (unpaired) electrons. The molecule has 0 aliphatic heterocycles. The number of aryl methyl sites for hydroxylation is 1. The van der Waals surface area contributed by atoms with E-state index in [0.29, 0.717) is 18.0 Å². The van der Waals surface area contributed by atoms with E-state index in [4.69, 9.17) is 4.74 Å². The van der Waals surface area contributed by atoms with Crippen LogP contribution in [0, 0.1) is 6.92 Å². The highest BCUT2D eigenvalue weighted by molar-refractivity contribution is 7.21. The molecule has 0 bridgehead atoms. The van der Waals surface area contributed by atoms with E-state index >= 15 is 0 Å². The fourth-order valence-corrected chi connectivity index (χ4v) is 3.11. The predicted molar refractivity (Wildman–Crippen MR) is 83.8 cm³/mol. The van der Waals surface area contributed by atoms with Crippen LogP contribution in [-0.4, -0.2) is 38.6 Å². The van der Waals surface area contributed by atoms with Gasteiger partial charge in [0.1, 0.15) is 0 Å². The van der Waals surface area contributed by atoms with Gasteiger partial charge >= 0.3 is 0 Å². The van der Waals surface area contributed by atoms with E-state index in [0.717, 1.165) is 15.6 Å². The molecule has 0 unspecified atom stereocenters. The van der Waals surface area contributed by atoms with Crippen molar-refractivity contribution in [3.8, 4) is 0 Å². The van der Waals surface area contributed by atoms with Gasteiger partial charge in [0.15, 0.2) is 0 Å². The molecular formula is C15H18N2O3S. The van der Waals surface area contributed by atoms with Crippen molar-refractivity contribution in [2.24, 2.45) is 0 Å². The molecule has 0 saturated heterocycles. The number of hydrogen-bond donors (Lipinski definition) is 2. The third-order valence-corrected chi connectivity index (χ3v) is 4.36. The van der Waals surface area contributed by atoms with Crippen molar-refractivity contribution in [3.63, 3.8) is 0 Å². The molecule has 2 N–H and O–H groups in total. The lowest BCUT2D eigenvalue weighted by atomic mass is 10.1. The topological polar surface area (TPSA) is 67.4 Å². The number of ether oxygens (including phenoxy) is 1. The van der Waals surface area contributed by atoms with Crippen LogP contribution >= 0.6 is 11.3 Å². The minimum Gasteiger partial charge on any atom is -0.383 e. The second-order valence-corrected chi connectivity index (χ2v) is 5.63. The van der Waals surface area contributed by atoms with Gasteiger partial charge in [-0.05, 0) is 23.9 Å². The van der Waals surface area contributed by atoms with Crippen LogP contribution in [0.3, 0.4) is 0 Å². The molecule has 2 aromatic rings. The van der Waals surface area contributed by atoms with Crippen molar-refractivity contribution in [2.75, 3.05) is 26.8 Å². The molecule has 1 aromatic heterocycles. The molecule has 0 aliphatic carbocycles. The van der Waals surface area contributed by atoms with Crippen molar-refractivity contribution in [1.82, 2.24) is 10.6 Å². The van der Waals surface area contributed by atoms with Crippen LogP contribution in [-0.2, 0) is 9.53 Å². The Morgan fingerprint density at radius 1 is 1.24 bits per heavy atom. The van der Waals surface area contributed by atoms with Crippen LogP contribution in [0.4, 0.5) is 0 Å². The van der Waals surface area contributed by atoms with Gasteiger partial charge in [-0.2, -0.15) is 0 Å². The highest BCUT2D eigenvalue weighted by Crippen LogP contribution is 2.30. The van der Waals surface area contributed by atoms with Crippen LogP contribution < -0.4 is 10.6 Å². The summed E-state index contributed by atoms with van der Waals surface area (Å²) in [4.78, 5) is 24.4. The molecule has 0 fully saturated rings. The maximum absolute atomic E-state index is 12.2. The summed E-state index contributed by atoms with van der Waals surface area (Å²) in [6, 6.07) is 7.88. The van der Waals surface area contributed by atoms with Crippen molar-refractivity contribution in [1.29, 1.82) is 0 Å². The number of amides is 2. The normalized spacial score (nSPS) is 10.6. The van der Waals surface area contributed by atoms with E-state index in [1.807, 2.05) is 31.2 Å². The molecule has 5 nitrogen and oxygen atoms in total. The number of nitrogens with one attached hydrogen (secondary N) is 2. The van der Waals surface area contributed by atoms with Crippen LogP contribution in [0.25, 0.3) is 10.1 Å². The van der Waals surface area contributed by atoms with E-state index in [1.165, 1.54) is 11.3 Å². The number of fused-ring (bicyclic) bond motifs is 1. The van der Waals surface area contributed by atoms with Gasteiger partial charge in [0.2, 0.25) is 5.91 Å². The van der Waals surface area contributed by atoms with Crippen molar-refractivity contribution in [3.05, 3.63) is 34.7 Å². The first-order valence-corrected chi connectivity index (χ1v) is 7.47. The minimum atomic E-state index is -0.223. The van der Waals surface area contributed by atoms with E-state index in [9.17, 15) is 9.59 Å². The summed E-state index contributed by atoms with van der Waals surface area (Å²) in [5.41, 5.74) is 0.952. The van der Waals surface area contributed by atoms with E-state index < -0.39 is 0 Å². The average molecular weight is 306 g/mol. The molecule has 0 atom stereocenters. The second-order valence-electron chi connectivity index (χ2n) is 4.58. The Hall–Kier alpha value is -1.92. The first-order chi connectivity index (χ1) is 10.1. The quantitative estimate of drug-likeness (QED) is 0.798. The van der Waals surface area contributed by atoms with Crippen molar-refractivity contribution >= 4 is 33.2 Å². The second kappa shape index (κ2) is 7.19. The maximum Gasteiger partial charge on any atom is 0.262 e. The Morgan fingerprint density at radius 2 is 2.00 bits per heavy atom. The van der Waals surface area contributed by atoms with Crippen LogP contribution in [0.15, 0.2) is 24.3 Å². The zero-order chi connectivity index (χ0) is 15.2. The lowest BCUT2D eigenvalue weighted by molar-refractivity contribution is -0.120. The summed E-state index contributed by atoms with van der Waals surface area (Å²) in [6.07, 6.45) is 0. The summed E-state index contributed by atoms with van der Waals surface area (Å²) in [5.74, 6) is -0.435. The third kappa shape index (κ3) is 3.80. The molecule has 1 aromatic carbocycles. The van der Waals surface area contributed by atoms with E-state index in [1.54, 1.807) is 7.11 Å². The number of methoxy groups -OCH3 is 1. The summed E-state index contributed by atoms with van der Waals surface area (Å²) in [6.45, 7) is 2.78. The standard InChI is InChI=1S/C15H18N2O3S/c1-10-11-5-3-4-6-12(11)21-14(10)15(19)17-9-13(18)16-7-8-20-2/h3-6H,7-9H2,1-2H3,(H,16,18)(H,17,19). The van der Waals surface area contributed by atoms with Crippen LogP contribution in [0.1, 0.15) is 15.2 Å². The SMILES string of the molecule is COCCNC(=O)CNC(=O)c1sc2ccccc2c1C. The molecule has 0 saturated carbocycles. The Kier molecular flexibility index (Phi) is 5.30. The summed E-state index contributed by atoms with van der Waals surface area (Å²) in [5, 5.41) is 6.38. The van der Waals surface area contributed by atoms with Crippen LogP contribution in [0.2, 0.25) is 0 Å². The summed E-state index contributed by atoms with van der Waals surface area (Å²) in [7, 11) is 1.57. The van der Waals surface area contributed by atoms with Crippen molar-refractivity contribution in [2.45, 2.75) is 6.92 Å². The molecule has 2 rings (SSSR count). The van der Waals surface area contributed by atoms with E-state index in [2.05, 4.69) is 10.6 Å². The average Bonchev–Trinajstić information content (AvgIpc) is 2.83. The number of benzene rings is 1. The number of thiophene rings is 1. The van der Waals surface area contributed by atoms with Crippen LogP contribution in [0.5, 0.6) is 0 Å². The monoisotopic (exact) mass is 306 g/mol. The Labute approximate surface area is 127 Å². The number of carbonyl (C=O) groups excluding carboxylic acids is 2. The van der Waals surface area contributed by atoms with Gasteiger partial charge in [-0.25, -0.2) is 0 Å². The number of carbonyl (C=O) groups is 2. The maximum atomic E-state index is 12.2. The molecular weight excluding hydrogens is 288 g/mol. The van der Waals surface area contributed by atoms with Gasteiger partial charge in [0.25, 0.3) is 5.91 Å². The molecule has 1 heterocycles. The lowest BCUT2D eigenvalue weighted by Gasteiger charge is -2.06. The molecule has 0 aliphatic rings. The molecule has 21 heavy (non-hydrogen) atoms. The largest absolute Gasteiger partial charge is 0.383 e. The lowest BCUT2D eigenvalue weighted by Crippen LogP contribution is -2.38. The number of hydrogen-bond acceptors (Lipinski definition) is 4.